The van der Waals surface area contributed by atoms with Gasteiger partial charge in [0.15, 0.2) is 5.96 Å². The van der Waals surface area contributed by atoms with Crippen molar-refractivity contribution in [2.24, 2.45) is 16.8 Å². The van der Waals surface area contributed by atoms with Gasteiger partial charge in [-0.05, 0) is 50.9 Å². The molecule has 1 aromatic heterocycles. The van der Waals surface area contributed by atoms with Crippen LogP contribution in [-0.4, -0.2) is 71.1 Å². The van der Waals surface area contributed by atoms with E-state index in [-0.39, 0.29) is 24.0 Å². The molecule has 1 N–H and O–H groups in total. The van der Waals surface area contributed by atoms with Crippen LogP contribution in [0.3, 0.4) is 0 Å². The normalized spacial score (nSPS) is 27.9. The van der Waals surface area contributed by atoms with E-state index in [0.29, 0.717) is 0 Å². The molecule has 2 saturated carbocycles. The molecule has 0 aromatic carbocycles. The van der Waals surface area contributed by atoms with Crippen molar-refractivity contribution in [1.29, 1.82) is 0 Å². The summed E-state index contributed by atoms with van der Waals surface area (Å²) in [6.45, 7) is 8.74. The van der Waals surface area contributed by atoms with Gasteiger partial charge >= 0.3 is 0 Å². The highest BCUT2D eigenvalue weighted by Gasteiger charge is 2.42. The van der Waals surface area contributed by atoms with Crippen molar-refractivity contribution in [3.8, 4) is 0 Å². The van der Waals surface area contributed by atoms with Gasteiger partial charge in [0.1, 0.15) is 5.82 Å². The van der Waals surface area contributed by atoms with E-state index in [0.717, 1.165) is 62.3 Å². The quantitative estimate of drug-likeness (QED) is 0.283. The molecule has 1 aromatic rings. The van der Waals surface area contributed by atoms with E-state index in [4.69, 9.17) is 0 Å². The lowest BCUT2D eigenvalue weighted by molar-refractivity contribution is 0.0958. The largest absolute Gasteiger partial charge is 0.356 e. The lowest BCUT2D eigenvalue weighted by Crippen LogP contribution is -2.55. The van der Waals surface area contributed by atoms with E-state index in [9.17, 15) is 0 Å². The fourth-order valence-corrected chi connectivity index (χ4v) is 5.50. The lowest BCUT2D eigenvalue weighted by atomic mass is 9.93. The standard InChI is InChI=1S/C21H36N6.HI/c1-17-23-8-10-25(17)9-4-3-7-24-21(22-2)27-13-11-26(12-14-27)20-16-18-5-6-19(20)15-18;/h8,10,18-20H,3-7,9,11-16H2,1-2H3,(H,22,24);1H. The van der Waals surface area contributed by atoms with Gasteiger partial charge in [0.05, 0.1) is 0 Å². The van der Waals surface area contributed by atoms with Crippen LogP contribution in [0.15, 0.2) is 17.4 Å². The van der Waals surface area contributed by atoms with Crippen LogP contribution in [0, 0.1) is 18.8 Å². The summed E-state index contributed by atoms with van der Waals surface area (Å²) < 4.78 is 2.23. The predicted octanol–water partition coefficient (Wildman–Crippen LogP) is 2.97. The average molecular weight is 500 g/mol. The Morgan fingerprint density at radius 1 is 1.18 bits per heavy atom. The summed E-state index contributed by atoms with van der Waals surface area (Å²) in [5, 5.41) is 3.58. The highest BCUT2D eigenvalue weighted by atomic mass is 127. The third-order valence-corrected chi connectivity index (χ3v) is 7.03. The first-order chi connectivity index (χ1) is 13.2. The van der Waals surface area contributed by atoms with Crippen LogP contribution in [0.4, 0.5) is 0 Å². The minimum Gasteiger partial charge on any atom is -0.356 e. The lowest BCUT2D eigenvalue weighted by Gasteiger charge is -2.42. The van der Waals surface area contributed by atoms with Crippen molar-refractivity contribution < 1.29 is 0 Å². The number of halogens is 1. The maximum Gasteiger partial charge on any atom is 0.193 e. The summed E-state index contributed by atoms with van der Waals surface area (Å²) in [7, 11) is 1.92. The molecule has 3 fully saturated rings. The predicted molar refractivity (Wildman–Crippen MR) is 125 cm³/mol. The molecule has 1 aliphatic heterocycles. The topological polar surface area (TPSA) is 48.7 Å². The van der Waals surface area contributed by atoms with E-state index >= 15 is 0 Å². The van der Waals surface area contributed by atoms with Gasteiger partial charge in [0.25, 0.3) is 0 Å². The summed E-state index contributed by atoms with van der Waals surface area (Å²) in [6.07, 6.45) is 12.2. The number of fused-ring (bicyclic) bond motifs is 2. The zero-order chi connectivity index (χ0) is 18.6. The summed E-state index contributed by atoms with van der Waals surface area (Å²) in [4.78, 5) is 14.0. The van der Waals surface area contributed by atoms with Gasteiger partial charge in [-0.2, -0.15) is 0 Å². The van der Waals surface area contributed by atoms with Crippen LogP contribution in [0.5, 0.6) is 0 Å². The minimum absolute atomic E-state index is 0. The molecule has 28 heavy (non-hydrogen) atoms. The van der Waals surface area contributed by atoms with Crippen molar-refractivity contribution in [3.05, 3.63) is 18.2 Å². The third-order valence-electron chi connectivity index (χ3n) is 7.03. The number of nitrogens with one attached hydrogen (secondary N) is 1. The number of aromatic nitrogens is 2. The molecule has 4 rings (SSSR count). The number of hydrogen-bond acceptors (Lipinski definition) is 3. The van der Waals surface area contributed by atoms with Gasteiger partial charge in [-0.3, -0.25) is 9.89 Å². The van der Waals surface area contributed by atoms with Crippen LogP contribution < -0.4 is 5.32 Å². The van der Waals surface area contributed by atoms with Crippen molar-refractivity contribution in [1.82, 2.24) is 24.7 Å². The first kappa shape index (κ1) is 21.9. The molecule has 2 heterocycles. The van der Waals surface area contributed by atoms with E-state index in [1.54, 1.807) is 0 Å². The zero-order valence-corrected chi connectivity index (χ0v) is 19.8. The number of unbranched alkanes of at least 4 members (excludes halogenated alkanes) is 1. The highest BCUT2D eigenvalue weighted by molar-refractivity contribution is 14.0. The Morgan fingerprint density at radius 3 is 2.61 bits per heavy atom. The van der Waals surface area contributed by atoms with E-state index in [2.05, 4.69) is 42.8 Å². The summed E-state index contributed by atoms with van der Waals surface area (Å²) >= 11 is 0. The molecule has 2 aliphatic carbocycles. The number of nitrogens with zero attached hydrogens (tertiary/aromatic N) is 5. The Balaban J connectivity index is 0.00000225. The second-order valence-corrected chi connectivity index (χ2v) is 8.61. The molecule has 6 nitrogen and oxygen atoms in total. The maximum absolute atomic E-state index is 4.53. The van der Waals surface area contributed by atoms with E-state index < -0.39 is 0 Å². The van der Waals surface area contributed by atoms with Gasteiger partial charge in [-0.15, -0.1) is 24.0 Å². The highest BCUT2D eigenvalue weighted by Crippen LogP contribution is 2.46. The Labute approximate surface area is 187 Å². The first-order valence-corrected chi connectivity index (χ1v) is 10.9. The molecule has 3 unspecified atom stereocenters. The number of hydrogen-bond donors (Lipinski definition) is 1. The van der Waals surface area contributed by atoms with Crippen molar-refractivity contribution in [2.45, 2.75) is 58.0 Å². The van der Waals surface area contributed by atoms with Crippen LogP contribution in [-0.2, 0) is 6.54 Å². The fraction of sp³-hybridized carbons (Fsp3) is 0.810. The van der Waals surface area contributed by atoms with Crippen LogP contribution in [0.1, 0.15) is 44.3 Å². The molecule has 0 spiro atoms. The summed E-state index contributed by atoms with van der Waals surface area (Å²) in [5.74, 6) is 4.23. The number of rotatable bonds is 6. The first-order valence-electron chi connectivity index (χ1n) is 10.9. The number of guanidine groups is 1. The van der Waals surface area contributed by atoms with Gasteiger partial charge in [0, 0.05) is 64.8 Å². The Bertz CT molecular complexity index is 637. The number of aliphatic imine (C=N–C) groups is 1. The van der Waals surface area contributed by atoms with Crippen LogP contribution >= 0.6 is 24.0 Å². The molecule has 7 heteroatoms. The molecule has 3 atom stereocenters. The third kappa shape index (κ3) is 5.01. The average Bonchev–Trinajstić information content (AvgIpc) is 3.42. The molecular formula is C21H37IN6. The number of aryl methyl sites for hydroxylation is 2. The molecule has 158 valence electrons. The smallest absolute Gasteiger partial charge is 0.193 e. The zero-order valence-electron chi connectivity index (χ0n) is 17.5. The fourth-order valence-electron chi connectivity index (χ4n) is 5.50. The molecule has 0 radical (unpaired) electrons. The van der Waals surface area contributed by atoms with Crippen molar-refractivity contribution in [3.63, 3.8) is 0 Å². The summed E-state index contributed by atoms with van der Waals surface area (Å²) in [6, 6.07) is 0.882. The van der Waals surface area contributed by atoms with Gasteiger partial charge in [-0.1, -0.05) is 6.42 Å². The monoisotopic (exact) mass is 500 g/mol. The SMILES string of the molecule is CN=C(NCCCCn1ccnc1C)N1CCN(C2CC3CCC2C3)CC1.I. The Kier molecular flexibility index (Phi) is 8.02. The van der Waals surface area contributed by atoms with Gasteiger partial charge in [0.2, 0.25) is 0 Å². The Hall–Kier alpha value is -0.830. The summed E-state index contributed by atoms with van der Waals surface area (Å²) in [5.41, 5.74) is 0. The number of imidazole rings is 1. The van der Waals surface area contributed by atoms with Crippen LogP contribution in [0.2, 0.25) is 0 Å². The van der Waals surface area contributed by atoms with Crippen molar-refractivity contribution >= 4 is 29.9 Å². The minimum atomic E-state index is 0. The van der Waals surface area contributed by atoms with E-state index in [1.807, 2.05) is 13.2 Å². The van der Waals surface area contributed by atoms with E-state index in [1.165, 1.54) is 45.2 Å². The van der Waals surface area contributed by atoms with Gasteiger partial charge < -0.3 is 14.8 Å². The second-order valence-electron chi connectivity index (χ2n) is 8.61. The van der Waals surface area contributed by atoms with Crippen LogP contribution in [0.25, 0.3) is 0 Å². The molecule has 2 bridgehead atoms. The molecular weight excluding hydrogens is 463 g/mol. The number of piperazine rings is 1. The molecule has 3 aliphatic rings. The van der Waals surface area contributed by atoms with Crippen molar-refractivity contribution in [2.75, 3.05) is 39.8 Å². The maximum atomic E-state index is 4.53. The molecule has 1 saturated heterocycles. The van der Waals surface area contributed by atoms with Gasteiger partial charge in [-0.25, -0.2) is 4.98 Å². The molecule has 0 amide bonds. The second kappa shape index (κ2) is 10.3. The Morgan fingerprint density at radius 2 is 2.00 bits per heavy atom.